The molecule has 5 nitrogen and oxygen atoms in total. The third-order valence-electron chi connectivity index (χ3n) is 7.58. The summed E-state index contributed by atoms with van der Waals surface area (Å²) in [5, 5.41) is 0. The van der Waals surface area contributed by atoms with E-state index in [1.807, 2.05) is 12.1 Å². The Kier molecular flexibility index (Phi) is 15.9. The molecule has 0 saturated carbocycles. The van der Waals surface area contributed by atoms with Crippen molar-refractivity contribution in [3.63, 3.8) is 0 Å². The molecule has 42 heavy (non-hydrogen) atoms. The molecule has 0 amide bonds. The normalized spacial score (nSPS) is 14.1. The van der Waals surface area contributed by atoms with Gasteiger partial charge >= 0.3 is 0 Å². The van der Waals surface area contributed by atoms with Gasteiger partial charge in [-0.15, -0.1) is 0 Å². The molecule has 5 heteroatoms. The van der Waals surface area contributed by atoms with Crippen LogP contribution in [0.2, 0.25) is 0 Å². The second-order valence-electron chi connectivity index (χ2n) is 11.9. The van der Waals surface area contributed by atoms with Crippen molar-refractivity contribution < 1.29 is 23.7 Å². The molecular formula is C37H58O5. The monoisotopic (exact) mass is 582 g/mol. The molecule has 0 bridgehead atoms. The van der Waals surface area contributed by atoms with Crippen molar-refractivity contribution in [3.05, 3.63) is 47.0 Å². The molecule has 0 aliphatic carbocycles. The summed E-state index contributed by atoms with van der Waals surface area (Å²) in [6.45, 7) is 19.1. The number of hydrogen-bond acceptors (Lipinski definition) is 5. The Hall–Kier alpha value is -2.69. The number of ketones is 1. The van der Waals surface area contributed by atoms with Crippen molar-refractivity contribution >= 4 is 5.78 Å². The van der Waals surface area contributed by atoms with Crippen LogP contribution >= 0.6 is 0 Å². The summed E-state index contributed by atoms with van der Waals surface area (Å²) in [5.74, 6) is 2.67. The van der Waals surface area contributed by atoms with Crippen LogP contribution in [-0.2, 0) is 12.8 Å². The molecule has 236 valence electrons. The van der Waals surface area contributed by atoms with E-state index < -0.39 is 0 Å². The smallest absolute Gasteiger partial charge is 0.172 e. The molecule has 2 aromatic carbocycles. The van der Waals surface area contributed by atoms with Crippen LogP contribution in [0.25, 0.3) is 0 Å². The molecular weight excluding hydrogens is 524 g/mol. The second-order valence-corrected chi connectivity index (χ2v) is 11.9. The van der Waals surface area contributed by atoms with Gasteiger partial charge in [0.2, 0.25) is 0 Å². The van der Waals surface area contributed by atoms with Crippen LogP contribution in [0.5, 0.6) is 23.0 Å². The minimum Gasteiger partial charge on any atom is -0.491 e. The van der Waals surface area contributed by atoms with E-state index >= 15 is 0 Å². The van der Waals surface area contributed by atoms with Crippen LogP contribution in [0, 0.1) is 0 Å². The fraction of sp³-hybridized carbons (Fsp3) is 0.649. The van der Waals surface area contributed by atoms with Gasteiger partial charge in [-0.2, -0.15) is 0 Å². The molecule has 0 aromatic heterocycles. The maximum atomic E-state index is 14.1. The van der Waals surface area contributed by atoms with Gasteiger partial charge in [0.05, 0.1) is 30.0 Å². The fourth-order valence-corrected chi connectivity index (χ4v) is 5.34. The molecule has 0 N–H and O–H groups in total. The van der Waals surface area contributed by atoms with E-state index in [1.165, 1.54) is 5.56 Å². The van der Waals surface area contributed by atoms with Crippen LogP contribution in [0.1, 0.15) is 142 Å². The van der Waals surface area contributed by atoms with E-state index in [4.69, 9.17) is 18.9 Å². The predicted molar refractivity (Wildman–Crippen MR) is 175 cm³/mol. The number of hydrogen-bond donors (Lipinski definition) is 0. The topological polar surface area (TPSA) is 54.0 Å². The lowest BCUT2D eigenvalue weighted by Crippen LogP contribution is -2.19. The molecule has 0 heterocycles. The molecule has 0 saturated heterocycles. The van der Waals surface area contributed by atoms with E-state index in [-0.39, 0.29) is 30.2 Å². The molecule has 4 unspecified atom stereocenters. The van der Waals surface area contributed by atoms with Crippen LogP contribution in [0.3, 0.4) is 0 Å². The number of carbonyl (C=O) groups is 1. The second kappa shape index (κ2) is 18.8. The average molecular weight is 583 g/mol. The first-order chi connectivity index (χ1) is 20.1. The number of carbonyl (C=O) groups excluding carboxylic acids is 1. The first-order valence-corrected chi connectivity index (χ1v) is 16.6. The first-order valence-electron chi connectivity index (χ1n) is 16.6. The SMILES string of the molecule is CCCC(C)Oc1cc(OC(C)CCC)c(OC(C)CCC)c(C(=O)CCc2cc(CC)ccc2OC(C)CCC)c1. The Morgan fingerprint density at radius 1 is 0.643 bits per heavy atom. The highest BCUT2D eigenvalue weighted by Crippen LogP contribution is 2.39. The lowest BCUT2D eigenvalue weighted by Gasteiger charge is -2.24. The van der Waals surface area contributed by atoms with E-state index in [9.17, 15) is 4.79 Å². The summed E-state index contributed by atoms with van der Waals surface area (Å²) in [7, 11) is 0. The first kappa shape index (κ1) is 35.5. The van der Waals surface area contributed by atoms with Gasteiger partial charge < -0.3 is 18.9 Å². The van der Waals surface area contributed by atoms with Crippen molar-refractivity contribution in [2.45, 2.75) is 157 Å². The zero-order chi connectivity index (χ0) is 31.1. The van der Waals surface area contributed by atoms with Gasteiger partial charge in [0.15, 0.2) is 17.3 Å². The average Bonchev–Trinajstić information content (AvgIpc) is 2.94. The van der Waals surface area contributed by atoms with Crippen molar-refractivity contribution in [1.29, 1.82) is 0 Å². The molecule has 0 radical (unpaired) electrons. The van der Waals surface area contributed by atoms with Gasteiger partial charge in [0.25, 0.3) is 0 Å². The van der Waals surface area contributed by atoms with Gasteiger partial charge in [-0.3, -0.25) is 4.79 Å². The minimum absolute atomic E-state index is 0.00769. The van der Waals surface area contributed by atoms with E-state index in [1.54, 1.807) is 0 Å². The third-order valence-corrected chi connectivity index (χ3v) is 7.58. The molecule has 4 atom stereocenters. The fourth-order valence-electron chi connectivity index (χ4n) is 5.34. The van der Waals surface area contributed by atoms with Crippen molar-refractivity contribution in [1.82, 2.24) is 0 Å². The van der Waals surface area contributed by atoms with Gasteiger partial charge in [-0.05, 0) is 89.5 Å². The van der Waals surface area contributed by atoms with E-state index in [0.29, 0.717) is 35.7 Å². The molecule has 0 fully saturated rings. The van der Waals surface area contributed by atoms with E-state index in [2.05, 4.69) is 80.5 Å². The third kappa shape index (κ3) is 11.5. The lowest BCUT2D eigenvalue weighted by molar-refractivity contribution is 0.0970. The van der Waals surface area contributed by atoms with Gasteiger partial charge in [0.1, 0.15) is 11.5 Å². The molecule has 0 aliphatic rings. The standard InChI is InChI=1S/C37H58O5/c1-10-15-26(6)39-32-24-33(37(42-29(9)18-13-4)36(25-32)41-28(8)17-12-3)34(38)21-20-31-23-30(14-5)19-22-35(31)40-27(7)16-11-2/h19,22-29H,10-18,20-21H2,1-9H3. The maximum Gasteiger partial charge on any atom is 0.172 e. The lowest BCUT2D eigenvalue weighted by atomic mass is 9.98. The summed E-state index contributed by atoms with van der Waals surface area (Å²) in [6.07, 6.45) is 9.80. The molecule has 0 aliphatic heterocycles. The summed E-state index contributed by atoms with van der Waals surface area (Å²) in [5.41, 5.74) is 2.85. The number of Topliss-reactive ketones (excluding diaryl/α,β-unsaturated/α-hetero) is 1. The summed E-state index contributed by atoms with van der Waals surface area (Å²) >= 11 is 0. The minimum atomic E-state index is -0.0440. The zero-order valence-electron chi connectivity index (χ0n) is 28.0. The largest absolute Gasteiger partial charge is 0.491 e. The van der Waals surface area contributed by atoms with Gasteiger partial charge in [-0.1, -0.05) is 72.4 Å². The molecule has 2 rings (SSSR count). The quantitative estimate of drug-likeness (QED) is 0.137. The molecule has 2 aromatic rings. The Morgan fingerprint density at radius 2 is 1.17 bits per heavy atom. The number of rotatable bonds is 21. The Bertz CT molecular complexity index is 1080. The number of aryl methyl sites for hydroxylation is 2. The molecule has 0 spiro atoms. The summed E-state index contributed by atoms with van der Waals surface area (Å²) in [4.78, 5) is 14.1. The van der Waals surface area contributed by atoms with Crippen LogP contribution < -0.4 is 18.9 Å². The van der Waals surface area contributed by atoms with Crippen molar-refractivity contribution in [2.24, 2.45) is 0 Å². The van der Waals surface area contributed by atoms with Crippen LogP contribution in [0.4, 0.5) is 0 Å². The highest BCUT2D eigenvalue weighted by molar-refractivity contribution is 6.00. The maximum absolute atomic E-state index is 14.1. The van der Waals surface area contributed by atoms with Crippen LogP contribution in [0.15, 0.2) is 30.3 Å². The Labute approximate surface area is 256 Å². The Balaban J connectivity index is 2.50. The Morgan fingerprint density at radius 3 is 1.71 bits per heavy atom. The van der Waals surface area contributed by atoms with Crippen molar-refractivity contribution in [2.75, 3.05) is 0 Å². The highest BCUT2D eigenvalue weighted by atomic mass is 16.5. The van der Waals surface area contributed by atoms with Crippen LogP contribution in [-0.4, -0.2) is 30.2 Å². The summed E-state index contributed by atoms with van der Waals surface area (Å²) in [6, 6.07) is 10.2. The van der Waals surface area contributed by atoms with Crippen molar-refractivity contribution in [3.8, 4) is 23.0 Å². The number of benzene rings is 2. The highest BCUT2D eigenvalue weighted by Gasteiger charge is 2.24. The van der Waals surface area contributed by atoms with Gasteiger partial charge in [-0.25, -0.2) is 0 Å². The van der Waals surface area contributed by atoms with E-state index in [0.717, 1.165) is 69.1 Å². The van der Waals surface area contributed by atoms with Gasteiger partial charge in [0, 0.05) is 12.5 Å². The number of ether oxygens (including phenoxy) is 4. The zero-order valence-corrected chi connectivity index (χ0v) is 28.0. The summed E-state index contributed by atoms with van der Waals surface area (Å²) < 4.78 is 25.6. The predicted octanol–water partition coefficient (Wildman–Crippen LogP) is 10.3.